The van der Waals surface area contributed by atoms with E-state index in [4.69, 9.17) is 0 Å². The molecule has 0 unspecified atom stereocenters. The van der Waals surface area contributed by atoms with Crippen LogP contribution in [0.3, 0.4) is 0 Å². The third-order valence-corrected chi connectivity index (χ3v) is 3.97. The van der Waals surface area contributed by atoms with Crippen molar-refractivity contribution in [1.29, 1.82) is 0 Å². The van der Waals surface area contributed by atoms with Gasteiger partial charge in [-0.05, 0) is 42.8 Å². The lowest BCUT2D eigenvalue weighted by atomic mass is 9.90. The Morgan fingerprint density at radius 3 is 2.85 bits per heavy atom. The number of carbonyl (C=O) groups is 1. The molecule has 1 aliphatic heterocycles. The molecule has 2 aromatic rings. The summed E-state index contributed by atoms with van der Waals surface area (Å²) in [4.78, 5) is 18.9. The predicted octanol–water partition coefficient (Wildman–Crippen LogP) is 2.07. The van der Waals surface area contributed by atoms with Gasteiger partial charge in [-0.15, -0.1) is 10.2 Å². The number of aromatic nitrogens is 4. The molecule has 7 heteroatoms. The lowest BCUT2D eigenvalue weighted by Crippen LogP contribution is -2.43. The van der Waals surface area contributed by atoms with Crippen LogP contribution in [-0.2, 0) is 10.2 Å². The first-order valence-electron chi connectivity index (χ1n) is 6.35. The third kappa shape index (κ3) is 1.69. The molecule has 0 fully saturated rings. The normalized spacial score (nSPS) is 16.6. The number of pyridine rings is 1. The summed E-state index contributed by atoms with van der Waals surface area (Å²) in [5.74, 6) is 1.23. The van der Waals surface area contributed by atoms with Crippen molar-refractivity contribution in [3.05, 3.63) is 28.9 Å². The second kappa shape index (κ2) is 4.37. The van der Waals surface area contributed by atoms with Crippen LogP contribution >= 0.6 is 15.9 Å². The van der Waals surface area contributed by atoms with Crippen LogP contribution in [0.15, 0.2) is 23.1 Å². The molecule has 0 radical (unpaired) electrons. The van der Waals surface area contributed by atoms with Gasteiger partial charge < -0.3 is 0 Å². The molecule has 1 aliphatic rings. The maximum Gasteiger partial charge on any atom is 0.241 e. The number of fused-ring (bicyclic) bond motifs is 3. The minimum atomic E-state index is -0.750. The van der Waals surface area contributed by atoms with Crippen LogP contribution in [0.25, 0.3) is 5.69 Å². The zero-order chi connectivity index (χ0) is 14.5. The van der Waals surface area contributed by atoms with Crippen molar-refractivity contribution in [3.63, 3.8) is 0 Å². The fourth-order valence-electron chi connectivity index (χ4n) is 2.47. The van der Waals surface area contributed by atoms with Gasteiger partial charge in [0.1, 0.15) is 11.7 Å². The number of rotatable bonds is 1. The van der Waals surface area contributed by atoms with Crippen molar-refractivity contribution in [1.82, 2.24) is 19.7 Å². The Labute approximate surface area is 125 Å². The summed E-state index contributed by atoms with van der Waals surface area (Å²) in [6.45, 7) is 6.22. The van der Waals surface area contributed by atoms with Gasteiger partial charge in [0, 0.05) is 17.2 Å². The first kappa shape index (κ1) is 13.2. The fraction of sp³-hybridized carbons (Fsp3) is 0.385. The average Bonchev–Trinajstić information content (AvgIpc) is 2.88. The zero-order valence-electron chi connectivity index (χ0n) is 11.5. The Balaban J connectivity index is 2.37. The molecule has 1 amide bonds. The first-order chi connectivity index (χ1) is 9.46. The molecule has 3 rings (SSSR count). The molecular formula is C13H14BrN5O. The van der Waals surface area contributed by atoms with Crippen molar-refractivity contribution < 1.29 is 4.79 Å². The number of likely N-dealkylation sites (N-methyl/N-ethyl adjacent to an activating group) is 1. The second-order valence-corrected chi connectivity index (χ2v) is 6.11. The number of nitrogens with zero attached hydrogens (tertiary/aromatic N) is 5. The van der Waals surface area contributed by atoms with E-state index < -0.39 is 5.41 Å². The van der Waals surface area contributed by atoms with Crippen molar-refractivity contribution >= 4 is 27.7 Å². The highest BCUT2D eigenvalue weighted by Gasteiger charge is 2.42. The van der Waals surface area contributed by atoms with Crippen molar-refractivity contribution in [2.75, 3.05) is 11.4 Å². The first-order valence-corrected chi connectivity index (χ1v) is 7.14. The SMILES string of the molecule is CCN1C(=O)C(C)(C)c2nncn2-c2cc(Br)cnc21. The lowest BCUT2D eigenvalue weighted by molar-refractivity contribution is -0.123. The maximum absolute atomic E-state index is 12.8. The van der Waals surface area contributed by atoms with Crippen molar-refractivity contribution in [2.45, 2.75) is 26.2 Å². The highest BCUT2D eigenvalue weighted by atomic mass is 79.9. The second-order valence-electron chi connectivity index (χ2n) is 5.20. The number of carbonyl (C=O) groups excluding carboxylic acids is 1. The molecule has 0 saturated heterocycles. The standard InChI is InChI=1S/C13H14BrN5O/c1-4-18-10-9(5-8(14)6-15-10)19-7-16-17-11(19)13(2,3)12(18)20/h5-7H,4H2,1-3H3. The predicted molar refractivity (Wildman–Crippen MR) is 77.9 cm³/mol. The Morgan fingerprint density at radius 2 is 2.15 bits per heavy atom. The average molecular weight is 336 g/mol. The van der Waals surface area contributed by atoms with Gasteiger partial charge in [0.05, 0.1) is 5.69 Å². The van der Waals surface area contributed by atoms with Gasteiger partial charge in [0.15, 0.2) is 11.6 Å². The summed E-state index contributed by atoms with van der Waals surface area (Å²) in [5.41, 5.74) is 0.0554. The number of hydrogen-bond donors (Lipinski definition) is 0. The van der Waals surface area contributed by atoms with E-state index in [1.807, 2.05) is 31.4 Å². The molecule has 0 N–H and O–H groups in total. The molecular weight excluding hydrogens is 322 g/mol. The Hall–Kier alpha value is -1.76. The highest BCUT2D eigenvalue weighted by Crippen LogP contribution is 2.36. The van der Waals surface area contributed by atoms with Crippen LogP contribution in [0.5, 0.6) is 0 Å². The molecule has 6 nitrogen and oxygen atoms in total. The lowest BCUT2D eigenvalue weighted by Gasteiger charge is -2.26. The molecule has 0 aromatic carbocycles. The van der Waals surface area contributed by atoms with E-state index in [1.165, 1.54) is 0 Å². The van der Waals surface area contributed by atoms with Gasteiger partial charge in [-0.3, -0.25) is 14.3 Å². The molecule has 0 aliphatic carbocycles. The number of hydrogen-bond acceptors (Lipinski definition) is 4. The molecule has 2 aromatic heterocycles. The third-order valence-electron chi connectivity index (χ3n) is 3.53. The quantitative estimate of drug-likeness (QED) is 0.800. The summed E-state index contributed by atoms with van der Waals surface area (Å²) in [5, 5.41) is 8.09. The Kier molecular flexibility index (Phi) is 2.89. The van der Waals surface area contributed by atoms with Gasteiger partial charge in [0.2, 0.25) is 5.91 Å². The van der Waals surface area contributed by atoms with E-state index in [0.717, 1.165) is 10.2 Å². The van der Waals surface area contributed by atoms with E-state index in [0.29, 0.717) is 18.2 Å². The van der Waals surface area contributed by atoms with E-state index in [-0.39, 0.29) is 5.91 Å². The molecule has 20 heavy (non-hydrogen) atoms. The van der Waals surface area contributed by atoms with Crippen LogP contribution in [0.2, 0.25) is 0 Å². The summed E-state index contributed by atoms with van der Waals surface area (Å²) >= 11 is 3.42. The van der Waals surface area contributed by atoms with Crippen LogP contribution in [0, 0.1) is 0 Å². The topological polar surface area (TPSA) is 63.9 Å². The fourth-order valence-corrected chi connectivity index (χ4v) is 2.79. The van der Waals surface area contributed by atoms with Gasteiger partial charge >= 0.3 is 0 Å². The monoisotopic (exact) mass is 335 g/mol. The van der Waals surface area contributed by atoms with E-state index in [9.17, 15) is 4.79 Å². The maximum atomic E-state index is 12.8. The molecule has 0 bridgehead atoms. The van der Waals surface area contributed by atoms with E-state index in [2.05, 4.69) is 31.1 Å². The number of anilines is 1. The minimum absolute atomic E-state index is 0.0252. The van der Waals surface area contributed by atoms with Gasteiger partial charge in [0.25, 0.3) is 0 Å². The van der Waals surface area contributed by atoms with Gasteiger partial charge in [-0.25, -0.2) is 4.98 Å². The highest BCUT2D eigenvalue weighted by molar-refractivity contribution is 9.10. The largest absolute Gasteiger partial charge is 0.294 e. The van der Waals surface area contributed by atoms with Gasteiger partial charge in [-0.1, -0.05) is 0 Å². The van der Waals surface area contributed by atoms with Crippen LogP contribution in [0.4, 0.5) is 5.82 Å². The van der Waals surface area contributed by atoms with E-state index in [1.54, 1.807) is 17.4 Å². The van der Waals surface area contributed by atoms with Crippen LogP contribution in [0.1, 0.15) is 26.6 Å². The molecule has 3 heterocycles. The smallest absolute Gasteiger partial charge is 0.241 e. The Bertz CT molecular complexity index is 694. The molecule has 104 valence electrons. The van der Waals surface area contributed by atoms with E-state index >= 15 is 0 Å². The molecule has 0 saturated carbocycles. The number of halogens is 1. The summed E-state index contributed by atoms with van der Waals surface area (Å²) in [7, 11) is 0. The zero-order valence-corrected chi connectivity index (χ0v) is 13.0. The van der Waals surface area contributed by atoms with Crippen molar-refractivity contribution in [3.8, 4) is 5.69 Å². The van der Waals surface area contributed by atoms with Crippen LogP contribution in [-0.4, -0.2) is 32.2 Å². The van der Waals surface area contributed by atoms with Gasteiger partial charge in [-0.2, -0.15) is 0 Å². The number of amides is 1. The molecule has 0 spiro atoms. The summed E-state index contributed by atoms with van der Waals surface area (Å²) in [6.07, 6.45) is 3.31. The molecule has 0 atom stereocenters. The van der Waals surface area contributed by atoms with Crippen LogP contribution < -0.4 is 4.90 Å². The van der Waals surface area contributed by atoms with Crippen molar-refractivity contribution in [2.24, 2.45) is 0 Å². The minimum Gasteiger partial charge on any atom is -0.294 e. The summed E-state index contributed by atoms with van der Waals surface area (Å²) < 4.78 is 2.68. The summed E-state index contributed by atoms with van der Waals surface area (Å²) in [6, 6.07) is 1.92. The Morgan fingerprint density at radius 1 is 1.40 bits per heavy atom.